The molecule has 1 fully saturated rings. The molecule has 2 unspecified atom stereocenters. The smallest absolute Gasteiger partial charge is 0.250 e. The summed E-state index contributed by atoms with van der Waals surface area (Å²) in [7, 11) is 1.66. The molecule has 2 aliphatic rings. The van der Waals surface area contributed by atoms with E-state index in [0.29, 0.717) is 46.2 Å². The maximum absolute atomic E-state index is 16.1. The zero-order chi connectivity index (χ0) is 25.1. The average molecular weight is 505 g/mol. The normalized spacial score (nSPS) is 19.4. The van der Waals surface area contributed by atoms with E-state index in [2.05, 4.69) is 21.4 Å². The van der Waals surface area contributed by atoms with Crippen LogP contribution >= 0.6 is 11.6 Å². The molecule has 180 valence electrons. The minimum absolute atomic E-state index is 0.00695. The van der Waals surface area contributed by atoms with E-state index in [-0.39, 0.29) is 34.6 Å². The molecule has 10 heteroatoms. The Kier molecular flexibility index (Phi) is 5.25. The number of nitrogens with zero attached hydrogens (tertiary/aromatic N) is 5. The number of fused-ring (bicyclic) bond motifs is 6. The van der Waals surface area contributed by atoms with E-state index in [1.165, 1.54) is 23.4 Å². The van der Waals surface area contributed by atoms with E-state index in [1.54, 1.807) is 31.3 Å². The molecule has 2 atom stereocenters. The Labute approximate surface area is 209 Å². The summed E-state index contributed by atoms with van der Waals surface area (Å²) in [5.41, 5.74) is 1.65. The van der Waals surface area contributed by atoms with E-state index in [9.17, 15) is 14.4 Å². The Hall–Kier alpha value is -3.87. The minimum atomic E-state index is -0.664. The topological polar surface area (TPSA) is 85.2 Å². The molecule has 4 aromatic rings. The summed E-state index contributed by atoms with van der Waals surface area (Å²) in [6, 6.07) is 9.54. The summed E-state index contributed by atoms with van der Waals surface area (Å²) in [5.74, 6) is -1.37. The third kappa shape index (κ3) is 3.22. The van der Waals surface area contributed by atoms with Crippen LogP contribution in [0.25, 0.3) is 32.9 Å². The number of amides is 1. The Morgan fingerprint density at radius 2 is 2.06 bits per heavy atom. The Morgan fingerprint density at radius 1 is 1.22 bits per heavy atom. The highest BCUT2D eigenvalue weighted by Crippen LogP contribution is 2.43. The maximum Gasteiger partial charge on any atom is 0.250 e. The molecular weight excluding hydrogens is 486 g/mol. The van der Waals surface area contributed by atoms with Crippen molar-refractivity contribution in [1.82, 2.24) is 15.3 Å². The molecule has 1 saturated heterocycles. The third-order valence-electron chi connectivity index (χ3n) is 6.99. The summed E-state index contributed by atoms with van der Waals surface area (Å²) in [4.78, 5) is 25.3. The molecule has 2 aromatic carbocycles. The van der Waals surface area contributed by atoms with E-state index in [4.69, 9.17) is 11.6 Å². The monoisotopic (exact) mass is 504 g/mol. The van der Waals surface area contributed by atoms with Crippen LogP contribution in [0, 0.1) is 23.0 Å². The van der Waals surface area contributed by atoms with Gasteiger partial charge in [0.1, 0.15) is 23.1 Å². The molecule has 2 aliphatic heterocycles. The lowest BCUT2D eigenvalue weighted by atomic mass is 9.98. The van der Waals surface area contributed by atoms with Crippen LogP contribution in [0.2, 0.25) is 5.02 Å². The van der Waals surface area contributed by atoms with E-state index in [0.717, 1.165) is 0 Å². The number of benzene rings is 2. The van der Waals surface area contributed by atoms with Gasteiger partial charge < -0.3 is 15.1 Å². The van der Waals surface area contributed by atoms with Gasteiger partial charge in [-0.3, -0.25) is 14.8 Å². The first-order valence-electron chi connectivity index (χ1n) is 11.4. The minimum Gasteiger partial charge on any atom is -0.355 e. The molecular formula is C26H19ClF2N6O. The molecule has 2 aromatic heterocycles. The van der Waals surface area contributed by atoms with Crippen molar-refractivity contribution in [3.63, 3.8) is 0 Å². The number of rotatable bonds is 2. The zero-order valence-corrected chi connectivity index (χ0v) is 19.9. The summed E-state index contributed by atoms with van der Waals surface area (Å²) in [6.07, 6.45) is 3.30. The van der Waals surface area contributed by atoms with Gasteiger partial charge in [0, 0.05) is 48.7 Å². The number of pyridine rings is 2. The molecule has 6 rings (SSSR count). The predicted octanol–water partition coefficient (Wildman–Crippen LogP) is 4.42. The average Bonchev–Trinajstić information content (AvgIpc) is 2.89. The highest BCUT2D eigenvalue weighted by Gasteiger charge is 2.41. The molecule has 0 aliphatic carbocycles. The lowest BCUT2D eigenvalue weighted by Crippen LogP contribution is -2.64. The van der Waals surface area contributed by atoms with Crippen LogP contribution in [0.4, 0.5) is 20.2 Å². The largest absolute Gasteiger partial charge is 0.355 e. The molecule has 0 spiro atoms. The van der Waals surface area contributed by atoms with Gasteiger partial charge in [0.2, 0.25) is 0 Å². The molecule has 4 heterocycles. The van der Waals surface area contributed by atoms with Gasteiger partial charge in [0.15, 0.2) is 5.82 Å². The van der Waals surface area contributed by atoms with Crippen molar-refractivity contribution in [3.8, 4) is 17.3 Å². The second-order valence-corrected chi connectivity index (χ2v) is 9.35. The fourth-order valence-corrected chi connectivity index (χ4v) is 5.49. The number of halogens is 3. The highest BCUT2D eigenvalue weighted by molar-refractivity contribution is 6.36. The molecule has 0 bridgehead atoms. The van der Waals surface area contributed by atoms with Gasteiger partial charge in [-0.05, 0) is 11.5 Å². The van der Waals surface area contributed by atoms with Crippen LogP contribution in [-0.2, 0) is 4.79 Å². The van der Waals surface area contributed by atoms with E-state index >= 15 is 4.39 Å². The number of carbonyl (C=O) groups excluding carboxylic acids is 1. The predicted molar refractivity (Wildman–Crippen MR) is 134 cm³/mol. The van der Waals surface area contributed by atoms with Crippen molar-refractivity contribution < 1.29 is 13.6 Å². The third-order valence-corrected chi connectivity index (χ3v) is 7.36. The number of likely N-dealkylation sites (N-methyl/N-ethyl adjacent to an activating group) is 1. The number of anilines is 2. The Balaban J connectivity index is 1.57. The lowest BCUT2D eigenvalue weighted by Gasteiger charge is -2.46. The lowest BCUT2D eigenvalue weighted by molar-refractivity contribution is -0.120. The second-order valence-electron chi connectivity index (χ2n) is 8.97. The molecule has 0 radical (unpaired) electrons. The van der Waals surface area contributed by atoms with Crippen molar-refractivity contribution in [2.75, 3.05) is 29.9 Å². The van der Waals surface area contributed by atoms with Crippen LogP contribution in [-0.4, -0.2) is 48.1 Å². The van der Waals surface area contributed by atoms with Gasteiger partial charge in [-0.15, -0.1) is 0 Å². The van der Waals surface area contributed by atoms with Crippen molar-refractivity contribution in [2.24, 2.45) is 0 Å². The molecule has 0 saturated carbocycles. The van der Waals surface area contributed by atoms with Crippen LogP contribution in [0.5, 0.6) is 0 Å². The van der Waals surface area contributed by atoms with Crippen LogP contribution < -0.4 is 15.1 Å². The molecule has 1 N–H and O–H groups in total. The van der Waals surface area contributed by atoms with Crippen LogP contribution in [0.15, 0.2) is 42.7 Å². The highest BCUT2D eigenvalue weighted by atomic mass is 35.5. The van der Waals surface area contributed by atoms with Crippen molar-refractivity contribution in [3.05, 3.63) is 59.4 Å². The number of nitriles is 1. The zero-order valence-electron chi connectivity index (χ0n) is 19.1. The van der Waals surface area contributed by atoms with Crippen molar-refractivity contribution >= 4 is 50.6 Å². The number of carbonyl (C=O) groups is 1. The fraction of sp³-hybridized carbons (Fsp3) is 0.231. The maximum atomic E-state index is 16.1. The standard InChI is InChI=1S/C26H19ClF2N6O/c1-34-18-10-33-24-16(25(18)35-12-14(7-8-30)31-11-19(35)26(34)36)9-32-23(22(24)29)15-4-2-3-13-5-6-17(28)21(27)20(13)15/h2-6,9-10,14,19,31H,7,11-12H2,1H3. The number of piperazine rings is 1. The Bertz CT molecular complexity index is 1620. The summed E-state index contributed by atoms with van der Waals surface area (Å²) >= 11 is 6.28. The first-order valence-corrected chi connectivity index (χ1v) is 11.8. The van der Waals surface area contributed by atoms with Crippen LogP contribution in [0.3, 0.4) is 0 Å². The number of aromatic nitrogens is 2. The molecule has 7 nitrogen and oxygen atoms in total. The van der Waals surface area contributed by atoms with Gasteiger partial charge in [-0.2, -0.15) is 5.26 Å². The summed E-state index contributed by atoms with van der Waals surface area (Å²) in [5, 5.41) is 13.8. The Morgan fingerprint density at radius 3 is 2.86 bits per heavy atom. The molecule has 1 amide bonds. The summed E-state index contributed by atoms with van der Waals surface area (Å²) in [6.45, 7) is 0.776. The summed E-state index contributed by atoms with van der Waals surface area (Å²) < 4.78 is 30.3. The van der Waals surface area contributed by atoms with E-state index < -0.39 is 17.7 Å². The SMILES string of the molecule is CN1C(=O)C2CNC(CC#N)CN2c2c1cnc1c(F)c(-c3cccc4ccc(F)c(Cl)c34)ncc21. The number of hydrogen-bond donors (Lipinski definition) is 1. The number of hydrogen-bond acceptors (Lipinski definition) is 6. The van der Waals surface area contributed by atoms with Gasteiger partial charge in [0.05, 0.1) is 35.1 Å². The van der Waals surface area contributed by atoms with Crippen molar-refractivity contribution in [1.29, 1.82) is 5.26 Å². The quantitative estimate of drug-likeness (QED) is 0.435. The van der Waals surface area contributed by atoms with Crippen LogP contribution in [0.1, 0.15) is 6.42 Å². The van der Waals surface area contributed by atoms with Gasteiger partial charge in [0.25, 0.3) is 5.91 Å². The fourth-order valence-electron chi connectivity index (χ4n) is 5.22. The second kappa shape index (κ2) is 8.36. The van der Waals surface area contributed by atoms with Gasteiger partial charge in [-0.1, -0.05) is 35.9 Å². The van der Waals surface area contributed by atoms with E-state index in [1.807, 2.05) is 4.90 Å². The van der Waals surface area contributed by atoms with Gasteiger partial charge in [-0.25, -0.2) is 8.78 Å². The molecule has 36 heavy (non-hydrogen) atoms. The first kappa shape index (κ1) is 22.6. The first-order chi connectivity index (χ1) is 17.4. The number of nitrogens with one attached hydrogen (secondary N) is 1. The van der Waals surface area contributed by atoms with Crippen molar-refractivity contribution in [2.45, 2.75) is 18.5 Å². The van der Waals surface area contributed by atoms with Gasteiger partial charge >= 0.3 is 0 Å².